The first kappa shape index (κ1) is 99.1. The molecule has 0 fully saturated rings. The predicted octanol–water partition coefficient (Wildman–Crippen LogP) is 24.5. The van der Waals surface area contributed by atoms with E-state index in [0.29, 0.717) is 25.7 Å². The molecule has 2 unspecified atom stereocenters. The number of carbonyl (C=O) groups excluding carboxylic acids is 4. The van der Waals surface area contributed by atoms with Gasteiger partial charge < -0.3 is 33.8 Å². The number of aliphatic hydroxyl groups excluding tert-OH is 1. The lowest BCUT2D eigenvalue weighted by Crippen LogP contribution is -2.30. The highest BCUT2D eigenvalue weighted by atomic mass is 31.2. The standard InChI is InChI=1S/C82H160O17P2/c1-8-9-10-11-12-32-42-49-56-63-79(84)92-69-77(99-82(87)66-59-52-45-38-31-35-41-48-55-62-75(6)7)71-96-100(88,89)94-67-76(83)68-95-101(90,91)97-72-78(70-93-80(85)64-57-50-43-36-29-25-21-18-17-20-24-28-34-40-47-54-61-74(4)5)98-81(86)65-58-51-44-37-30-26-22-16-14-13-15-19-23-27-33-39-46-53-60-73(2)3/h73-78,83H,8-72H2,1-7H3,(H,88,89)(H,90,91)/t76-,77+,78+/m0/s1. The van der Waals surface area contributed by atoms with Gasteiger partial charge in [0.15, 0.2) is 12.2 Å². The first-order chi connectivity index (χ1) is 48.7. The highest BCUT2D eigenvalue weighted by molar-refractivity contribution is 7.47. The molecule has 0 aliphatic rings. The minimum absolute atomic E-state index is 0.105. The Morgan fingerprint density at radius 2 is 0.455 bits per heavy atom. The summed E-state index contributed by atoms with van der Waals surface area (Å²) < 4.78 is 68.7. The van der Waals surface area contributed by atoms with E-state index in [-0.39, 0.29) is 25.7 Å². The van der Waals surface area contributed by atoms with Gasteiger partial charge in [-0.15, -0.1) is 0 Å². The fourth-order valence-electron chi connectivity index (χ4n) is 12.7. The lowest BCUT2D eigenvalue weighted by atomic mass is 10.0. The lowest BCUT2D eigenvalue weighted by molar-refractivity contribution is -0.161. The van der Waals surface area contributed by atoms with Crippen molar-refractivity contribution >= 4 is 39.5 Å². The summed E-state index contributed by atoms with van der Waals surface area (Å²) in [4.78, 5) is 73.0. The molecular formula is C82H160O17P2. The number of carbonyl (C=O) groups is 4. The van der Waals surface area contributed by atoms with Crippen LogP contribution in [0.25, 0.3) is 0 Å². The van der Waals surface area contributed by atoms with Gasteiger partial charge >= 0.3 is 39.5 Å². The number of rotatable bonds is 80. The fraction of sp³-hybridized carbons (Fsp3) is 0.951. The van der Waals surface area contributed by atoms with Crippen molar-refractivity contribution in [1.29, 1.82) is 0 Å². The Morgan fingerprint density at radius 3 is 0.673 bits per heavy atom. The smallest absolute Gasteiger partial charge is 0.462 e. The van der Waals surface area contributed by atoms with Gasteiger partial charge in [-0.1, -0.05) is 376 Å². The number of aliphatic hydroxyl groups is 1. The van der Waals surface area contributed by atoms with Crippen LogP contribution in [-0.4, -0.2) is 96.7 Å². The van der Waals surface area contributed by atoms with Crippen molar-refractivity contribution in [3.8, 4) is 0 Å². The summed E-state index contributed by atoms with van der Waals surface area (Å²) in [5, 5.41) is 10.6. The van der Waals surface area contributed by atoms with Crippen LogP contribution >= 0.6 is 15.6 Å². The number of unbranched alkanes of at least 4 members (excludes halogenated alkanes) is 48. The molecule has 0 aromatic rings. The van der Waals surface area contributed by atoms with Crippen LogP contribution in [0.15, 0.2) is 0 Å². The third kappa shape index (κ3) is 76.1. The second kappa shape index (κ2) is 72.3. The molecule has 0 rings (SSSR count). The van der Waals surface area contributed by atoms with E-state index in [4.69, 9.17) is 37.0 Å². The van der Waals surface area contributed by atoms with Crippen LogP contribution in [0, 0.1) is 17.8 Å². The zero-order valence-corrected chi connectivity index (χ0v) is 68.2. The molecule has 0 aliphatic heterocycles. The van der Waals surface area contributed by atoms with Crippen molar-refractivity contribution in [2.24, 2.45) is 17.8 Å². The van der Waals surface area contributed by atoms with Crippen molar-refractivity contribution in [2.75, 3.05) is 39.6 Å². The molecule has 101 heavy (non-hydrogen) atoms. The zero-order valence-electron chi connectivity index (χ0n) is 66.4. The zero-order chi connectivity index (χ0) is 74.4. The second-order valence-corrected chi connectivity index (χ2v) is 33.8. The molecule has 0 aliphatic carbocycles. The van der Waals surface area contributed by atoms with Gasteiger partial charge in [0.05, 0.1) is 26.4 Å². The fourth-order valence-corrected chi connectivity index (χ4v) is 14.2. The van der Waals surface area contributed by atoms with Crippen LogP contribution in [0.1, 0.15) is 427 Å². The van der Waals surface area contributed by atoms with E-state index < -0.39 is 97.5 Å². The van der Waals surface area contributed by atoms with E-state index in [1.807, 2.05) is 0 Å². The van der Waals surface area contributed by atoms with E-state index in [0.717, 1.165) is 108 Å². The number of hydrogen-bond acceptors (Lipinski definition) is 15. The molecule has 0 saturated heterocycles. The van der Waals surface area contributed by atoms with Crippen molar-refractivity contribution < 1.29 is 80.2 Å². The Hall–Kier alpha value is -1.94. The normalized spacial score (nSPS) is 14.0. The average molecular weight is 1480 g/mol. The Kier molecular flexibility index (Phi) is 70.9. The molecule has 19 heteroatoms. The molecule has 0 aromatic carbocycles. The summed E-state index contributed by atoms with van der Waals surface area (Å²) in [5.41, 5.74) is 0. The summed E-state index contributed by atoms with van der Waals surface area (Å²) in [6.07, 6.45) is 61.2. The highest BCUT2D eigenvalue weighted by Gasteiger charge is 2.30. The van der Waals surface area contributed by atoms with E-state index in [9.17, 15) is 43.2 Å². The van der Waals surface area contributed by atoms with Crippen LogP contribution in [-0.2, 0) is 65.4 Å². The number of esters is 4. The average Bonchev–Trinajstić information content (AvgIpc) is 0.948. The Balaban J connectivity index is 5.20. The van der Waals surface area contributed by atoms with E-state index >= 15 is 0 Å². The minimum atomic E-state index is -4.96. The molecule has 3 N–H and O–H groups in total. The van der Waals surface area contributed by atoms with Gasteiger partial charge in [-0.3, -0.25) is 37.3 Å². The number of ether oxygens (including phenoxy) is 4. The van der Waals surface area contributed by atoms with Crippen LogP contribution in [0.5, 0.6) is 0 Å². The summed E-state index contributed by atoms with van der Waals surface area (Å²) in [7, 11) is -9.92. The summed E-state index contributed by atoms with van der Waals surface area (Å²) in [5.74, 6) is 0.258. The molecule has 0 bridgehead atoms. The van der Waals surface area contributed by atoms with E-state index in [1.165, 1.54) is 238 Å². The molecule has 0 radical (unpaired) electrons. The SMILES string of the molecule is CCCCCCCCCCCC(=O)OC[C@H](COP(=O)(O)OC[C@H](O)COP(=O)(O)OC[C@@H](COC(=O)CCCCCCCCCCCCCCCCCCC(C)C)OC(=O)CCCCCCCCCCCCCCCCCCCCC(C)C)OC(=O)CCCCCCCCCCCC(C)C. The number of phosphoric ester groups is 2. The Labute approximate surface area is 619 Å². The summed E-state index contributed by atoms with van der Waals surface area (Å²) in [6.45, 7) is 12.0. The van der Waals surface area contributed by atoms with Gasteiger partial charge in [-0.05, 0) is 43.4 Å². The van der Waals surface area contributed by atoms with Crippen molar-refractivity contribution in [1.82, 2.24) is 0 Å². The van der Waals surface area contributed by atoms with Gasteiger partial charge in [-0.2, -0.15) is 0 Å². The largest absolute Gasteiger partial charge is 0.472 e. The quantitative estimate of drug-likeness (QED) is 0.0222. The van der Waals surface area contributed by atoms with Crippen LogP contribution in [0.4, 0.5) is 0 Å². The maximum Gasteiger partial charge on any atom is 0.472 e. The Morgan fingerprint density at radius 1 is 0.267 bits per heavy atom. The molecule has 0 saturated carbocycles. The van der Waals surface area contributed by atoms with Gasteiger partial charge in [0, 0.05) is 25.7 Å². The lowest BCUT2D eigenvalue weighted by Gasteiger charge is -2.21. The van der Waals surface area contributed by atoms with Crippen molar-refractivity contribution in [3.05, 3.63) is 0 Å². The monoisotopic (exact) mass is 1480 g/mol. The molecule has 600 valence electrons. The van der Waals surface area contributed by atoms with Crippen molar-refractivity contribution in [3.63, 3.8) is 0 Å². The van der Waals surface area contributed by atoms with Crippen molar-refractivity contribution in [2.45, 2.75) is 446 Å². The molecule has 0 spiro atoms. The predicted molar refractivity (Wildman–Crippen MR) is 414 cm³/mol. The molecular weight excluding hydrogens is 1320 g/mol. The maximum atomic E-state index is 13.1. The number of phosphoric acid groups is 2. The maximum absolute atomic E-state index is 13.1. The van der Waals surface area contributed by atoms with Crippen LogP contribution < -0.4 is 0 Å². The first-order valence-corrected chi connectivity index (χ1v) is 45.3. The van der Waals surface area contributed by atoms with Gasteiger partial charge in [0.1, 0.15) is 19.3 Å². The molecule has 17 nitrogen and oxygen atoms in total. The van der Waals surface area contributed by atoms with Gasteiger partial charge in [0.25, 0.3) is 0 Å². The van der Waals surface area contributed by atoms with Crippen LogP contribution in [0.2, 0.25) is 0 Å². The third-order valence-corrected chi connectivity index (χ3v) is 21.0. The third-order valence-electron chi connectivity index (χ3n) is 19.1. The Bertz CT molecular complexity index is 1960. The van der Waals surface area contributed by atoms with Gasteiger partial charge in [0.2, 0.25) is 0 Å². The molecule has 0 heterocycles. The second-order valence-electron chi connectivity index (χ2n) is 30.9. The van der Waals surface area contributed by atoms with E-state index in [1.54, 1.807) is 0 Å². The topological polar surface area (TPSA) is 237 Å². The summed E-state index contributed by atoms with van der Waals surface area (Å²) >= 11 is 0. The highest BCUT2D eigenvalue weighted by Crippen LogP contribution is 2.45. The minimum Gasteiger partial charge on any atom is -0.462 e. The molecule has 5 atom stereocenters. The van der Waals surface area contributed by atoms with Crippen LogP contribution in [0.3, 0.4) is 0 Å². The van der Waals surface area contributed by atoms with E-state index in [2.05, 4.69) is 48.5 Å². The van der Waals surface area contributed by atoms with Gasteiger partial charge in [-0.25, -0.2) is 9.13 Å². The first-order valence-electron chi connectivity index (χ1n) is 42.3. The number of hydrogen-bond donors (Lipinski definition) is 3. The molecule has 0 amide bonds. The summed E-state index contributed by atoms with van der Waals surface area (Å²) in [6, 6.07) is 0. The molecule has 0 aromatic heterocycles.